The lowest BCUT2D eigenvalue weighted by atomic mass is 10.2. The van der Waals surface area contributed by atoms with Gasteiger partial charge in [0.2, 0.25) is 10.0 Å². The summed E-state index contributed by atoms with van der Waals surface area (Å²) >= 11 is 0. The van der Waals surface area contributed by atoms with Gasteiger partial charge in [0.25, 0.3) is 0 Å². The molecule has 0 unspecified atom stereocenters. The Morgan fingerprint density at radius 3 is 2.36 bits per heavy atom. The molecular weight excluding hydrogens is 336 g/mol. The zero-order valence-electron chi connectivity index (χ0n) is 14.7. The lowest BCUT2D eigenvalue weighted by molar-refractivity contribution is 0.239. The van der Waals surface area contributed by atoms with E-state index in [-0.39, 0.29) is 11.9 Å². The maximum absolute atomic E-state index is 12.1. The number of nitrogens with one attached hydrogen (secondary N) is 2. The van der Waals surface area contributed by atoms with Crippen molar-refractivity contribution in [3.63, 3.8) is 0 Å². The number of hydrogen-bond acceptors (Lipinski definition) is 4. The van der Waals surface area contributed by atoms with E-state index in [9.17, 15) is 8.42 Å². The second-order valence-electron chi connectivity index (χ2n) is 6.08. The van der Waals surface area contributed by atoms with E-state index in [1.165, 1.54) is 0 Å². The van der Waals surface area contributed by atoms with E-state index in [1.807, 2.05) is 68.4 Å². The highest BCUT2D eigenvalue weighted by molar-refractivity contribution is 7.89. The van der Waals surface area contributed by atoms with Gasteiger partial charge in [-0.3, -0.25) is 0 Å². The molecule has 0 spiro atoms. The van der Waals surface area contributed by atoms with Crippen molar-refractivity contribution in [2.75, 3.05) is 12.3 Å². The largest absolute Gasteiger partial charge is 0.491 e. The highest BCUT2D eigenvalue weighted by Crippen LogP contribution is 2.18. The van der Waals surface area contributed by atoms with Crippen LogP contribution < -0.4 is 14.8 Å². The first kappa shape index (κ1) is 19.4. The minimum Gasteiger partial charge on any atom is -0.491 e. The summed E-state index contributed by atoms with van der Waals surface area (Å²) in [6, 6.07) is 17.3. The summed E-state index contributed by atoms with van der Waals surface area (Å²) in [5, 5.41) is 3.17. The zero-order chi connectivity index (χ0) is 18.1. The van der Waals surface area contributed by atoms with E-state index in [4.69, 9.17) is 4.74 Å². The average Bonchev–Trinajstić information content (AvgIpc) is 2.59. The molecule has 0 aromatic heterocycles. The lowest BCUT2D eigenvalue weighted by Crippen LogP contribution is -2.31. The molecule has 2 aromatic rings. The van der Waals surface area contributed by atoms with Gasteiger partial charge in [0.05, 0.1) is 11.9 Å². The average molecular weight is 362 g/mol. The molecule has 0 amide bonds. The molecule has 25 heavy (non-hydrogen) atoms. The Morgan fingerprint density at radius 1 is 0.960 bits per heavy atom. The summed E-state index contributed by atoms with van der Waals surface area (Å²) in [5.41, 5.74) is 1.96. The van der Waals surface area contributed by atoms with Crippen molar-refractivity contribution < 1.29 is 13.2 Å². The highest BCUT2D eigenvalue weighted by Gasteiger charge is 2.10. The van der Waals surface area contributed by atoms with E-state index in [2.05, 4.69) is 10.0 Å². The molecule has 0 aliphatic rings. The maximum atomic E-state index is 12.1. The van der Waals surface area contributed by atoms with Crippen molar-refractivity contribution in [2.24, 2.45) is 0 Å². The predicted molar refractivity (Wildman–Crippen MR) is 101 cm³/mol. The van der Waals surface area contributed by atoms with Crippen LogP contribution in [0.4, 0.5) is 0 Å². The van der Waals surface area contributed by atoms with Gasteiger partial charge in [-0.2, -0.15) is 0 Å². The SMILES string of the molecule is CC(C)Oc1ccccc1CNCCS(=O)(=O)NCc1ccccc1. The fourth-order valence-corrected chi connectivity index (χ4v) is 3.25. The number of rotatable bonds is 10. The standard InChI is InChI=1S/C19H26N2O3S/c1-16(2)24-19-11-7-6-10-18(19)15-20-12-13-25(22,23)21-14-17-8-4-3-5-9-17/h3-11,16,20-21H,12-15H2,1-2H3. The third kappa shape index (κ3) is 7.25. The normalized spacial score (nSPS) is 11.6. The Labute approximate surface area is 150 Å². The van der Waals surface area contributed by atoms with Crippen molar-refractivity contribution in [1.29, 1.82) is 0 Å². The Kier molecular flexibility index (Phi) is 7.43. The van der Waals surface area contributed by atoms with Crippen LogP contribution in [0.25, 0.3) is 0 Å². The van der Waals surface area contributed by atoms with Gasteiger partial charge in [-0.1, -0.05) is 48.5 Å². The molecule has 0 saturated heterocycles. The highest BCUT2D eigenvalue weighted by atomic mass is 32.2. The Morgan fingerprint density at radius 2 is 1.64 bits per heavy atom. The van der Waals surface area contributed by atoms with Crippen molar-refractivity contribution in [3.8, 4) is 5.75 Å². The van der Waals surface area contributed by atoms with Crippen molar-refractivity contribution in [2.45, 2.75) is 33.0 Å². The van der Waals surface area contributed by atoms with Crippen molar-refractivity contribution in [1.82, 2.24) is 10.0 Å². The van der Waals surface area contributed by atoms with Gasteiger partial charge < -0.3 is 10.1 Å². The third-order valence-corrected chi connectivity index (χ3v) is 4.86. The van der Waals surface area contributed by atoms with Gasteiger partial charge in [-0.05, 0) is 25.5 Å². The van der Waals surface area contributed by atoms with Crippen LogP contribution in [0.3, 0.4) is 0 Å². The van der Waals surface area contributed by atoms with Gasteiger partial charge in [0.1, 0.15) is 5.75 Å². The van der Waals surface area contributed by atoms with Crippen LogP contribution in [-0.4, -0.2) is 26.8 Å². The van der Waals surface area contributed by atoms with Crippen LogP contribution in [0, 0.1) is 0 Å². The van der Waals surface area contributed by atoms with Crippen molar-refractivity contribution in [3.05, 3.63) is 65.7 Å². The van der Waals surface area contributed by atoms with Crippen LogP contribution in [-0.2, 0) is 23.1 Å². The van der Waals surface area contributed by atoms with E-state index >= 15 is 0 Å². The molecule has 0 fully saturated rings. The van der Waals surface area contributed by atoms with Crippen LogP contribution in [0.15, 0.2) is 54.6 Å². The van der Waals surface area contributed by atoms with Gasteiger partial charge in [-0.15, -0.1) is 0 Å². The molecule has 2 aromatic carbocycles. The molecule has 0 aliphatic carbocycles. The van der Waals surface area contributed by atoms with Gasteiger partial charge in [0, 0.05) is 25.2 Å². The first-order chi connectivity index (χ1) is 12.0. The Balaban J connectivity index is 1.77. The fourth-order valence-electron chi connectivity index (χ4n) is 2.31. The first-order valence-corrected chi connectivity index (χ1v) is 10.1. The quantitative estimate of drug-likeness (QED) is 0.638. The summed E-state index contributed by atoms with van der Waals surface area (Å²) in [7, 11) is -3.31. The smallest absolute Gasteiger partial charge is 0.213 e. The molecule has 6 heteroatoms. The summed E-state index contributed by atoms with van der Waals surface area (Å²) < 4.78 is 32.5. The number of sulfonamides is 1. The van der Waals surface area contributed by atoms with Crippen LogP contribution in [0.2, 0.25) is 0 Å². The molecule has 0 radical (unpaired) electrons. The molecule has 0 atom stereocenters. The molecular formula is C19H26N2O3S. The monoisotopic (exact) mass is 362 g/mol. The van der Waals surface area contributed by atoms with E-state index < -0.39 is 10.0 Å². The van der Waals surface area contributed by atoms with Crippen LogP contribution in [0.5, 0.6) is 5.75 Å². The second-order valence-corrected chi connectivity index (χ2v) is 8.00. The molecule has 0 saturated carbocycles. The number of para-hydroxylation sites is 1. The summed E-state index contributed by atoms with van der Waals surface area (Å²) in [6.07, 6.45) is 0.101. The van der Waals surface area contributed by atoms with Crippen LogP contribution >= 0.6 is 0 Å². The molecule has 0 aliphatic heterocycles. The van der Waals surface area contributed by atoms with Crippen LogP contribution in [0.1, 0.15) is 25.0 Å². The van der Waals surface area contributed by atoms with Gasteiger partial charge in [-0.25, -0.2) is 13.1 Å². The van der Waals surface area contributed by atoms with E-state index in [0.29, 0.717) is 19.6 Å². The van der Waals surface area contributed by atoms with Gasteiger partial charge >= 0.3 is 0 Å². The number of benzene rings is 2. The Bertz CT molecular complexity index is 746. The maximum Gasteiger partial charge on any atom is 0.213 e. The molecule has 2 N–H and O–H groups in total. The van der Waals surface area contributed by atoms with E-state index in [0.717, 1.165) is 16.9 Å². The molecule has 2 rings (SSSR count). The predicted octanol–water partition coefficient (Wildman–Crippen LogP) is 2.68. The summed E-state index contributed by atoms with van der Waals surface area (Å²) in [4.78, 5) is 0. The molecule has 136 valence electrons. The zero-order valence-corrected chi connectivity index (χ0v) is 15.6. The molecule has 0 bridgehead atoms. The van der Waals surface area contributed by atoms with E-state index in [1.54, 1.807) is 0 Å². The number of ether oxygens (including phenoxy) is 1. The van der Waals surface area contributed by atoms with Gasteiger partial charge in [0.15, 0.2) is 0 Å². The molecule has 5 nitrogen and oxygen atoms in total. The first-order valence-electron chi connectivity index (χ1n) is 8.43. The third-order valence-electron chi connectivity index (χ3n) is 3.54. The Hall–Kier alpha value is -1.89. The topological polar surface area (TPSA) is 67.4 Å². The van der Waals surface area contributed by atoms with Crippen molar-refractivity contribution >= 4 is 10.0 Å². The number of hydrogen-bond donors (Lipinski definition) is 2. The summed E-state index contributed by atoms with van der Waals surface area (Å²) in [5.74, 6) is 0.864. The second kappa shape index (κ2) is 9.56. The minimum atomic E-state index is -3.31. The minimum absolute atomic E-state index is 0.0348. The molecule has 0 heterocycles. The fraction of sp³-hybridized carbons (Fsp3) is 0.368. The lowest BCUT2D eigenvalue weighted by Gasteiger charge is -2.14. The summed E-state index contributed by atoms with van der Waals surface area (Å²) in [6.45, 7) is 5.22.